The molecule has 0 bridgehead atoms. The number of aromatic nitrogens is 2. The zero-order valence-electron chi connectivity index (χ0n) is 12.6. The molecule has 9 heteroatoms. The molecule has 0 aliphatic carbocycles. The molecule has 3 rings (SSSR count). The molecule has 126 valence electrons. The fourth-order valence-corrected chi connectivity index (χ4v) is 2.78. The number of hydrogen-bond donors (Lipinski definition) is 2. The molecule has 1 aliphatic heterocycles. The molecule has 0 saturated carbocycles. The standard InChI is InChI=1S/C15H15Cl2N5O2/c16-10-1-2-11(17)12(9-10)18-15(24)22-7-5-21(6-8-22)13-3-4-14(23)20-19-13/h1-4,9H,5-8H2,(H,18,24)(H,20,23). The zero-order chi connectivity index (χ0) is 17.1. The third-order valence-corrected chi connectivity index (χ3v) is 4.29. The Bertz CT molecular complexity index is 782. The molecule has 24 heavy (non-hydrogen) atoms. The highest BCUT2D eigenvalue weighted by Gasteiger charge is 2.22. The number of rotatable bonds is 2. The molecule has 1 aromatic heterocycles. The lowest BCUT2D eigenvalue weighted by Crippen LogP contribution is -2.50. The highest BCUT2D eigenvalue weighted by atomic mass is 35.5. The Hall–Kier alpha value is -2.25. The summed E-state index contributed by atoms with van der Waals surface area (Å²) in [6, 6.07) is 7.79. The fourth-order valence-electron chi connectivity index (χ4n) is 2.44. The summed E-state index contributed by atoms with van der Waals surface area (Å²) in [5.41, 5.74) is 0.245. The zero-order valence-corrected chi connectivity index (χ0v) is 14.1. The van der Waals surface area contributed by atoms with Crippen LogP contribution in [0.2, 0.25) is 10.0 Å². The second-order valence-electron chi connectivity index (χ2n) is 5.31. The molecule has 1 aliphatic rings. The predicted octanol–water partition coefficient (Wildman–Crippen LogP) is 2.43. The average molecular weight is 368 g/mol. The van der Waals surface area contributed by atoms with Crippen LogP contribution in [0.15, 0.2) is 35.1 Å². The van der Waals surface area contributed by atoms with Crippen molar-refractivity contribution in [3.8, 4) is 0 Å². The third-order valence-electron chi connectivity index (χ3n) is 3.73. The first-order valence-corrected chi connectivity index (χ1v) is 8.10. The third kappa shape index (κ3) is 3.80. The lowest BCUT2D eigenvalue weighted by molar-refractivity contribution is 0.208. The Kier molecular flexibility index (Phi) is 4.92. The Morgan fingerprint density at radius 2 is 1.88 bits per heavy atom. The molecule has 1 fully saturated rings. The first-order valence-electron chi connectivity index (χ1n) is 7.34. The van der Waals surface area contributed by atoms with Crippen LogP contribution in [0.3, 0.4) is 0 Å². The van der Waals surface area contributed by atoms with E-state index in [1.807, 2.05) is 4.90 Å². The van der Waals surface area contributed by atoms with Gasteiger partial charge in [-0.3, -0.25) is 4.79 Å². The number of halogens is 2. The summed E-state index contributed by atoms with van der Waals surface area (Å²) in [6.45, 7) is 2.31. The number of nitrogens with one attached hydrogen (secondary N) is 2. The highest BCUT2D eigenvalue weighted by molar-refractivity contribution is 6.35. The number of carbonyl (C=O) groups excluding carboxylic acids is 1. The van der Waals surface area contributed by atoms with Gasteiger partial charge in [-0.05, 0) is 24.3 Å². The van der Waals surface area contributed by atoms with Crippen molar-refractivity contribution in [1.29, 1.82) is 0 Å². The van der Waals surface area contributed by atoms with Gasteiger partial charge in [0, 0.05) is 37.3 Å². The molecular weight excluding hydrogens is 353 g/mol. The number of urea groups is 1. The molecule has 0 spiro atoms. The van der Waals surface area contributed by atoms with E-state index in [-0.39, 0.29) is 11.6 Å². The Labute approximate surface area is 148 Å². The molecule has 0 atom stereocenters. The van der Waals surface area contributed by atoms with Crippen LogP contribution in [0.1, 0.15) is 0 Å². The van der Waals surface area contributed by atoms with Gasteiger partial charge in [0.2, 0.25) is 0 Å². The molecule has 2 amide bonds. The van der Waals surface area contributed by atoms with Gasteiger partial charge in [-0.15, -0.1) is 0 Å². The summed E-state index contributed by atoms with van der Waals surface area (Å²) >= 11 is 12.0. The number of anilines is 2. The molecule has 1 aromatic carbocycles. The van der Waals surface area contributed by atoms with Gasteiger partial charge in [0.15, 0.2) is 0 Å². The SMILES string of the molecule is O=C(Nc1cc(Cl)ccc1Cl)N1CCN(c2ccc(=O)[nH]n2)CC1. The van der Waals surface area contributed by atoms with Crippen LogP contribution in [-0.2, 0) is 0 Å². The monoisotopic (exact) mass is 367 g/mol. The van der Waals surface area contributed by atoms with Crippen molar-refractivity contribution in [2.75, 3.05) is 36.4 Å². The minimum Gasteiger partial charge on any atom is -0.352 e. The van der Waals surface area contributed by atoms with E-state index in [0.29, 0.717) is 47.7 Å². The maximum Gasteiger partial charge on any atom is 0.322 e. The largest absolute Gasteiger partial charge is 0.352 e. The summed E-state index contributed by atoms with van der Waals surface area (Å²) in [5, 5.41) is 10.1. The van der Waals surface area contributed by atoms with Crippen LogP contribution in [0.5, 0.6) is 0 Å². The van der Waals surface area contributed by atoms with Gasteiger partial charge in [0.1, 0.15) is 5.82 Å². The first-order chi connectivity index (χ1) is 11.5. The van der Waals surface area contributed by atoms with Crippen LogP contribution >= 0.6 is 23.2 Å². The van der Waals surface area contributed by atoms with E-state index in [9.17, 15) is 9.59 Å². The van der Waals surface area contributed by atoms with Crippen molar-refractivity contribution in [2.45, 2.75) is 0 Å². The van der Waals surface area contributed by atoms with Gasteiger partial charge in [0.25, 0.3) is 5.56 Å². The molecule has 7 nitrogen and oxygen atoms in total. The van der Waals surface area contributed by atoms with Gasteiger partial charge in [-0.1, -0.05) is 23.2 Å². The number of H-pyrrole nitrogens is 1. The number of aromatic amines is 1. The minimum atomic E-state index is -0.241. The van der Waals surface area contributed by atoms with E-state index < -0.39 is 0 Å². The maximum atomic E-state index is 12.4. The van der Waals surface area contributed by atoms with E-state index in [0.717, 1.165) is 0 Å². The average Bonchev–Trinajstić information content (AvgIpc) is 2.59. The first kappa shape index (κ1) is 16.6. The van der Waals surface area contributed by atoms with E-state index in [4.69, 9.17) is 23.2 Å². The number of amides is 2. The Morgan fingerprint density at radius 3 is 2.54 bits per heavy atom. The van der Waals surface area contributed by atoms with Crippen molar-refractivity contribution in [3.05, 3.63) is 50.7 Å². The fraction of sp³-hybridized carbons (Fsp3) is 0.267. The topological polar surface area (TPSA) is 81.3 Å². The Morgan fingerprint density at radius 1 is 1.12 bits per heavy atom. The second kappa shape index (κ2) is 7.11. The van der Waals surface area contributed by atoms with Crippen molar-refractivity contribution in [1.82, 2.24) is 15.1 Å². The Balaban J connectivity index is 1.60. The van der Waals surface area contributed by atoms with Gasteiger partial charge in [-0.25, -0.2) is 9.89 Å². The number of benzene rings is 1. The lowest BCUT2D eigenvalue weighted by atomic mass is 10.3. The number of carbonyl (C=O) groups is 1. The van der Waals surface area contributed by atoms with Crippen LogP contribution < -0.4 is 15.8 Å². The van der Waals surface area contributed by atoms with Crippen molar-refractivity contribution in [3.63, 3.8) is 0 Å². The predicted molar refractivity (Wildman–Crippen MR) is 94.1 cm³/mol. The van der Waals surface area contributed by atoms with Gasteiger partial charge in [0.05, 0.1) is 10.7 Å². The van der Waals surface area contributed by atoms with E-state index in [1.165, 1.54) is 6.07 Å². The van der Waals surface area contributed by atoms with E-state index in [1.54, 1.807) is 29.2 Å². The lowest BCUT2D eigenvalue weighted by Gasteiger charge is -2.35. The van der Waals surface area contributed by atoms with Crippen molar-refractivity contribution < 1.29 is 4.79 Å². The summed E-state index contributed by atoms with van der Waals surface area (Å²) < 4.78 is 0. The molecular formula is C15H15Cl2N5O2. The van der Waals surface area contributed by atoms with Crippen molar-refractivity contribution >= 4 is 40.7 Å². The molecule has 0 radical (unpaired) electrons. The van der Waals surface area contributed by atoms with Crippen LogP contribution in [0.4, 0.5) is 16.3 Å². The normalized spacial score (nSPS) is 14.6. The highest BCUT2D eigenvalue weighted by Crippen LogP contribution is 2.25. The van der Waals surface area contributed by atoms with Crippen LogP contribution in [0, 0.1) is 0 Å². The van der Waals surface area contributed by atoms with Crippen molar-refractivity contribution in [2.24, 2.45) is 0 Å². The van der Waals surface area contributed by atoms with Gasteiger partial charge in [-0.2, -0.15) is 5.10 Å². The molecule has 2 aromatic rings. The molecule has 2 heterocycles. The number of hydrogen-bond acceptors (Lipinski definition) is 4. The molecule has 2 N–H and O–H groups in total. The smallest absolute Gasteiger partial charge is 0.322 e. The van der Waals surface area contributed by atoms with E-state index >= 15 is 0 Å². The number of nitrogens with zero attached hydrogens (tertiary/aromatic N) is 3. The number of piperazine rings is 1. The van der Waals surface area contributed by atoms with Gasteiger partial charge >= 0.3 is 6.03 Å². The maximum absolute atomic E-state index is 12.4. The van der Waals surface area contributed by atoms with Crippen LogP contribution in [-0.4, -0.2) is 47.3 Å². The molecule has 0 unspecified atom stereocenters. The summed E-state index contributed by atoms with van der Waals surface area (Å²) in [5.74, 6) is 0.688. The van der Waals surface area contributed by atoms with E-state index in [2.05, 4.69) is 15.5 Å². The summed E-state index contributed by atoms with van der Waals surface area (Å²) in [4.78, 5) is 27.1. The minimum absolute atomic E-state index is 0.228. The molecule has 1 saturated heterocycles. The van der Waals surface area contributed by atoms with Gasteiger partial charge < -0.3 is 15.1 Å². The quantitative estimate of drug-likeness (QED) is 0.853. The van der Waals surface area contributed by atoms with Crippen LogP contribution in [0.25, 0.3) is 0 Å². The summed E-state index contributed by atoms with van der Waals surface area (Å²) in [6.07, 6.45) is 0. The second-order valence-corrected chi connectivity index (χ2v) is 6.15. The summed E-state index contributed by atoms with van der Waals surface area (Å²) in [7, 11) is 0.